The highest BCUT2D eigenvalue weighted by molar-refractivity contribution is 7.99. The van der Waals surface area contributed by atoms with Crippen LogP contribution in [0.5, 0.6) is 5.75 Å². The van der Waals surface area contributed by atoms with E-state index in [4.69, 9.17) is 9.47 Å². The molecular weight excluding hydrogens is 500 g/mol. The van der Waals surface area contributed by atoms with Gasteiger partial charge in [-0.25, -0.2) is 4.79 Å². The van der Waals surface area contributed by atoms with Crippen LogP contribution in [0.3, 0.4) is 0 Å². The number of hydrogen-bond donors (Lipinski definition) is 2. The van der Waals surface area contributed by atoms with Crippen LogP contribution in [-0.4, -0.2) is 36.8 Å². The number of carbonyl (C=O) groups excluding carboxylic acids is 3. The molecule has 8 heteroatoms. The second kappa shape index (κ2) is 15.1. The van der Waals surface area contributed by atoms with Crippen LogP contribution in [0.1, 0.15) is 29.8 Å². The van der Waals surface area contributed by atoms with E-state index in [1.807, 2.05) is 49.4 Å². The van der Waals surface area contributed by atoms with Crippen LogP contribution < -0.4 is 15.4 Å². The Labute approximate surface area is 226 Å². The first-order chi connectivity index (χ1) is 18.5. The molecule has 3 aromatic rings. The fraction of sp³-hybridized carbons (Fsp3) is 0.167. The minimum absolute atomic E-state index is 0.0774. The lowest BCUT2D eigenvalue weighted by Crippen LogP contribution is -2.30. The molecule has 3 rings (SSSR count). The summed E-state index contributed by atoms with van der Waals surface area (Å²) in [4.78, 5) is 38.5. The molecule has 2 amide bonds. The van der Waals surface area contributed by atoms with Crippen molar-refractivity contribution >= 4 is 41.3 Å². The highest BCUT2D eigenvalue weighted by Crippen LogP contribution is 2.23. The van der Waals surface area contributed by atoms with Crippen LogP contribution >= 0.6 is 11.8 Å². The van der Waals surface area contributed by atoms with Crippen molar-refractivity contribution < 1.29 is 23.9 Å². The highest BCUT2D eigenvalue weighted by Gasteiger charge is 2.16. The zero-order chi connectivity index (χ0) is 27.2. The van der Waals surface area contributed by atoms with Gasteiger partial charge in [0.1, 0.15) is 11.4 Å². The van der Waals surface area contributed by atoms with E-state index in [1.165, 1.54) is 17.8 Å². The third kappa shape index (κ3) is 8.97. The molecule has 0 heterocycles. The van der Waals surface area contributed by atoms with E-state index >= 15 is 0 Å². The molecule has 2 N–H and O–H groups in total. The fourth-order valence-corrected chi connectivity index (χ4v) is 4.01. The summed E-state index contributed by atoms with van der Waals surface area (Å²) in [5.41, 5.74) is 1.74. The zero-order valence-electron chi connectivity index (χ0n) is 21.3. The van der Waals surface area contributed by atoms with Gasteiger partial charge in [0.15, 0.2) is 0 Å². The molecule has 0 aromatic heterocycles. The number of amides is 2. The molecule has 0 fully saturated rings. The van der Waals surface area contributed by atoms with Crippen LogP contribution in [0.25, 0.3) is 6.08 Å². The third-order valence-electron chi connectivity index (χ3n) is 5.05. The molecule has 0 saturated carbocycles. The Balaban J connectivity index is 1.74. The summed E-state index contributed by atoms with van der Waals surface area (Å²) in [7, 11) is 0. The van der Waals surface area contributed by atoms with Gasteiger partial charge >= 0.3 is 5.97 Å². The van der Waals surface area contributed by atoms with Gasteiger partial charge in [-0.1, -0.05) is 42.5 Å². The molecule has 0 radical (unpaired) electrons. The van der Waals surface area contributed by atoms with Crippen molar-refractivity contribution in [1.29, 1.82) is 0 Å². The maximum Gasteiger partial charge on any atom is 0.330 e. The van der Waals surface area contributed by atoms with Gasteiger partial charge in [-0.3, -0.25) is 9.59 Å². The predicted molar refractivity (Wildman–Crippen MR) is 151 cm³/mol. The lowest BCUT2D eigenvalue weighted by Gasteiger charge is -2.13. The number of thioether (sulfide) groups is 1. The number of para-hydroxylation sites is 1. The van der Waals surface area contributed by atoms with E-state index in [2.05, 4.69) is 10.6 Å². The molecule has 0 spiro atoms. The van der Waals surface area contributed by atoms with E-state index in [-0.39, 0.29) is 11.7 Å². The maximum atomic E-state index is 13.3. The first kappa shape index (κ1) is 28.3. The number of esters is 1. The van der Waals surface area contributed by atoms with Gasteiger partial charge in [0.25, 0.3) is 11.8 Å². The molecule has 0 saturated heterocycles. The Bertz CT molecular complexity index is 1290. The number of ether oxygens (including phenoxy) is 2. The van der Waals surface area contributed by atoms with E-state index in [1.54, 1.807) is 55.5 Å². The average molecular weight is 531 g/mol. The minimum Gasteiger partial charge on any atom is -0.493 e. The fourth-order valence-electron chi connectivity index (χ4n) is 3.30. The second-order valence-corrected chi connectivity index (χ2v) is 8.89. The lowest BCUT2D eigenvalue weighted by molar-refractivity contribution is -0.137. The van der Waals surface area contributed by atoms with Gasteiger partial charge in [-0.05, 0) is 62.4 Å². The minimum atomic E-state index is -0.474. The Hall–Kier alpha value is -4.30. The summed E-state index contributed by atoms with van der Waals surface area (Å²) in [6.07, 6.45) is 4.75. The van der Waals surface area contributed by atoms with Crippen molar-refractivity contribution in [3.05, 3.63) is 108 Å². The molecule has 0 atom stereocenters. The Kier molecular flexibility index (Phi) is 11.2. The lowest BCUT2D eigenvalue weighted by atomic mass is 10.1. The van der Waals surface area contributed by atoms with E-state index in [9.17, 15) is 14.4 Å². The van der Waals surface area contributed by atoms with Gasteiger partial charge in [0.05, 0.1) is 13.2 Å². The van der Waals surface area contributed by atoms with Crippen molar-refractivity contribution in [2.75, 3.05) is 24.3 Å². The summed E-state index contributed by atoms with van der Waals surface area (Å²) in [6.45, 7) is 4.45. The molecule has 3 aromatic carbocycles. The molecule has 0 bridgehead atoms. The van der Waals surface area contributed by atoms with Crippen molar-refractivity contribution in [2.45, 2.75) is 18.7 Å². The van der Waals surface area contributed by atoms with Gasteiger partial charge in [0, 0.05) is 33.5 Å². The molecule has 0 aliphatic carbocycles. The summed E-state index contributed by atoms with van der Waals surface area (Å²) < 4.78 is 10.5. The zero-order valence-corrected chi connectivity index (χ0v) is 22.1. The summed E-state index contributed by atoms with van der Waals surface area (Å²) in [5.74, 6) is -0.0323. The predicted octanol–water partition coefficient (Wildman–Crippen LogP) is 5.71. The van der Waals surface area contributed by atoms with Gasteiger partial charge < -0.3 is 20.1 Å². The van der Waals surface area contributed by atoms with Crippen molar-refractivity contribution in [3.63, 3.8) is 0 Å². The van der Waals surface area contributed by atoms with Crippen molar-refractivity contribution in [1.82, 2.24) is 5.32 Å². The number of carbonyl (C=O) groups is 3. The topological polar surface area (TPSA) is 93.7 Å². The molecule has 0 unspecified atom stereocenters. The maximum absolute atomic E-state index is 13.3. The summed E-state index contributed by atoms with van der Waals surface area (Å²) >= 11 is 1.54. The SMILES string of the molecule is CCOC(=O)/C=C/CSc1ccc(NC(=O)/C(=C/c2ccccc2OCC)NC(=O)c2ccccc2)cc1. The largest absolute Gasteiger partial charge is 0.493 e. The van der Waals surface area contributed by atoms with Crippen LogP contribution in [0, 0.1) is 0 Å². The van der Waals surface area contributed by atoms with Gasteiger partial charge in [0.2, 0.25) is 0 Å². The summed E-state index contributed by atoms with van der Waals surface area (Å²) in [6, 6.07) is 23.3. The van der Waals surface area contributed by atoms with Crippen LogP contribution in [0.4, 0.5) is 5.69 Å². The second-order valence-electron chi connectivity index (χ2n) is 7.79. The first-order valence-electron chi connectivity index (χ1n) is 12.2. The quantitative estimate of drug-likeness (QED) is 0.177. The number of rotatable bonds is 12. The van der Waals surface area contributed by atoms with Crippen LogP contribution in [-0.2, 0) is 14.3 Å². The van der Waals surface area contributed by atoms with Crippen LogP contribution in [0.2, 0.25) is 0 Å². The number of benzene rings is 3. The van der Waals surface area contributed by atoms with Crippen molar-refractivity contribution in [3.8, 4) is 5.75 Å². The van der Waals surface area contributed by atoms with E-state index < -0.39 is 11.8 Å². The number of anilines is 1. The monoisotopic (exact) mass is 530 g/mol. The van der Waals surface area contributed by atoms with Gasteiger partial charge in [-0.15, -0.1) is 11.8 Å². The van der Waals surface area contributed by atoms with E-state index in [0.717, 1.165) is 4.90 Å². The van der Waals surface area contributed by atoms with Gasteiger partial charge in [-0.2, -0.15) is 0 Å². The molecule has 7 nitrogen and oxygen atoms in total. The Morgan fingerprint density at radius 1 is 0.868 bits per heavy atom. The molecular formula is C30H30N2O5S. The number of hydrogen-bond acceptors (Lipinski definition) is 6. The normalized spacial score (nSPS) is 11.2. The summed E-state index contributed by atoms with van der Waals surface area (Å²) in [5, 5.41) is 5.59. The third-order valence-corrected chi connectivity index (χ3v) is 6.01. The molecule has 0 aliphatic heterocycles. The number of nitrogens with one attached hydrogen (secondary N) is 2. The first-order valence-corrected chi connectivity index (χ1v) is 13.2. The Morgan fingerprint density at radius 2 is 1.58 bits per heavy atom. The molecule has 38 heavy (non-hydrogen) atoms. The van der Waals surface area contributed by atoms with Crippen molar-refractivity contribution in [2.24, 2.45) is 0 Å². The standard InChI is InChI=1S/C30H30N2O5S/c1-3-36-27-14-9-8-13-23(27)21-26(32-29(34)22-11-6-5-7-12-22)30(35)31-24-16-18-25(19-17-24)38-20-10-15-28(33)37-4-2/h5-19,21H,3-4,20H2,1-2H3,(H,31,35)(H,32,34)/b15-10+,26-21-. The molecule has 0 aliphatic rings. The molecule has 196 valence electrons. The van der Waals surface area contributed by atoms with Crippen LogP contribution in [0.15, 0.2) is 102 Å². The Morgan fingerprint density at radius 3 is 2.29 bits per heavy atom. The van der Waals surface area contributed by atoms with E-state index in [0.29, 0.717) is 41.5 Å². The highest BCUT2D eigenvalue weighted by atomic mass is 32.2. The smallest absolute Gasteiger partial charge is 0.330 e. The average Bonchev–Trinajstić information content (AvgIpc) is 2.93.